The second kappa shape index (κ2) is 9.78. The van der Waals surface area contributed by atoms with Gasteiger partial charge >= 0.3 is 6.09 Å². The van der Waals surface area contributed by atoms with Crippen LogP contribution in [0.3, 0.4) is 0 Å². The number of guanidine groups is 1. The van der Waals surface area contributed by atoms with Crippen LogP contribution in [0.1, 0.15) is 54.4 Å². The van der Waals surface area contributed by atoms with Gasteiger partial charge in [0.05, 0.1) is 24.8 Å². The Morgan fingerprint density at radius 1 is 1.25 bits per heavy atom. The largest absolute Gasteiger partial charge is 0.444 e. The number of rotatable bonds is 6. The average Bonchev–Trinajstić information content (AvgIpc) is 3.02. The number of carbonyl (C=O) groups excluding carboxylic acids is 1. The van der Waals surface area contributed by atoms with Crippen molar-refractivity contribution in [1.29, 1.82) is 0 Å². The standard InChI is InChI=1S/C20H39N5O3/c1-7-21-17(22-11-16-12-25-10-8-9-15(25)13-27-16)23-14-20(5,6)24-18(26)28-19(2,3)4/h15-16H,7-14H2,1-6H3,(H,24,26)(H2,21,22,23). The van der Waals surface area contributed by atoms with Gasteiger partial charge in [0.15, 0.2) is 5.96 Å². The van der Waals surface area contributed by atoms with E-state index in [0.29, 0.717) is 12.6 Å². The summed E-state index contributed by atoms with van der Waals surface area (Å²) in [6, 6.07) is 0.609. The molecule has 2 saturated heterocycles. The topological polar surface area (TPSA) is 87.2 Å². The molecule has 8 nitrogen and oxygen atoms in total. The number of fused-ring (bicyclic) bond motifs is 1. The van der Waals surface area contributed by atoms with Crippen LogP contribution in [0.2, 0.25) is 0 Å². The van der Waals surface area contributed by atoms with E-state index in [2.05, 4.69) is 25.8 Å². The van der Waals surface area contributed by atoms with Crippen molar-refractivity contribution in [2.75, 3.05) is 39.3 Å². The van der Waals surface area contributed by atoms with Crippen LogP contribution in [0.25, 0.3) is 0 Å². The van der Waals surface area contributed by atoms with Gasteiger partial charge in [0.1, 0.15) is 5.60 Å². The Bertz CT molecular complexity index is 544. The molecular formula is C20H39N5O3. The summed E-state index contributed by atoms with van der Waals surface area (Å²) in [5.74, 6) is 0.730. The first-order chi connectivity index (χ1) is 13.1. The van der Waals surface area contributed by atoms with Crippen LogP contribution in [0.4, 0.5) is 4.79 Å². The number of nitrogens with zero attached hydrogens (tertiary/aromatic N) is 2. The highest BCUT2D eigenvalue weighted by Crippen LogP contribution is 2.22. The van der Waals surface area contributed by atoms with Crippen LogP contribution in [0.5, 0.6) is 0 Å². The zero-order chi connectivity index (χ0) is 20.8. The molecule has 1 amide bonds. The average molecular weight is 398 g/mol. The summed E-state index contributed by atoms with van der Waals surface area (Å²) in [5, 5.41) is 9.52. The van der Waals surface area contributed by atoms with Crippen LogP contribution in [0, 0.1) is 0 Å². The van der Waals surface area contributed by atoms with Crippen LogP contribution in [-0.4, -0.2) is 79.6 Å². The molecule has 2 heterocycles. The van der Waals surface area contributed by atoms with E-state index in [1.54, 1.807) is 0 Å². The number of nitrogens with one attached hydrogen (secondary N) is 3. The Balaban J connectivity index is 1.82. The van der Waals surface area contributed by atoms with E-state index in [-0.39, 0.29) is 6.10 Å². The molecule has 0 aromatic heterocycles. The van der Waals surface area contributed by atoms with Gasteiger partial charge in [-0.3, -0.25) is 9.89 Å². The summed E-state index contributed by atoms with van der Waals surface area (Å²) in [7, 11) is 0. The van der Waals surface area contributed by atoms with Crippen molar-refractivity contribution in [1.82, 2.24) is 20.9 Å². The number of aliphatic imine (C=N–C) groups is 1. The Kier molecular flexibility index (Phi) is 7.95. The summed E-state index contributed by atoms with van der Waals surface area (Å²) < 4.78 is 11.3. The van der Waals surface area contributed by atoms with Gasteiger partial charge in [0.25, 0.3) is 0 Å². The molecule has 0 radical (unpaired) electrons. The lowest BCUT2D eigenvalue weighted by Gasteiger charge is -2.35. The molecule has 0 aromatic rings. The van der Waals surface area contributed by atoms with Crippen molar-refractivity contribution in [3.63, 3.8) is 0 Å². The highest BCUT2D eigenvalue weighted by Gasteiger charge is 2.32. The van der Waals surface area contributed by atoms with E-state index in [9.17, 15) is 4.79 Å². The SMILES string of the molecule is CCNC(=NCC(C)(C)NC(=O)OC(C)(C)C)NCC1CN2CCCC2CO1. The van der Waals surface area contributed by atoms with Crippen LogP contribution >= 0.6 is 0 Å². The van der Waals surface area contributed by atoms with Crippen molar-refractivity contribution >= 4 is 12.1 Å². The number of hydrogen-bond donors (Lipinski definition) is 3. The van der Waals surface area contributed by atoms with E-state index < -0.39 is 17.2 Å². The smallest absolute Gasteiger partial charge is 0.408 e. The second-order valence-corrected chi connectivity index (χ2v) is 9.33. The number of ether oxygens (including phenoxy) is 2. The number of amides is 1. The monoisotopic (exact) mass is 397 g/mol. The third-order valence-corrected chi connectivity index (χ3v) is 4.77. The van der Waals surface area contributed by atoms with Crippen molar-refractivity contribution in [3.05, 3.63) is 0 Å². The van der Waals surface area contributed by atoms with Crippen LogP contribution in [0.15, 0.2) is 4.99 Å². The third-order valence-electron chi connectivity index (χ3n) is 4.77. The summed E-state index contributed by atoms with van der Waals surface area (Å²) in [6.07, 6.45) is 2.27. The van der Waals surface area contributed by atoms with Gasteiger partial charge in [-0.2, -0.15) is 0 Å². The summed E-state index contributed by atoms with van der Waals surface area (Å²) in [4.78, 5) is 19.2. The molecule has 0 aliphatic carbocycles. The van der Waals surface area contributed by atoms with Gasteiger partial charge in [0, 0.05) is 25.7 Å². The fraction of sp³-hybridized carbons (Fsp3) is 0.900. The normalized spacial score (nSPS) is 23.9. The molecule has 0 bridgehead atoms. The van der Waals surface area contributed by atoms with E-state index in [1.165, 1.54) is 19.4 Å². The fourth-order valence-corrected chi connectivity index (χ4v) is 3.46. The van der Waals surface area contributed by atoms with E-state index in [1.807, 2.05) is 41.5 Å². The second-order valence-electron chi connectivity index (χ2n) is 9.33. The number of alkyl carbamates (subject to hydrolysis) is 1. The molecule has 0 spiro atoms. The van der Waals surface area contributed by atoms with Gasteiger partial charge in [-0.25, -0.2) is 4.79 Å². The van der Waals surface area contributed by atoms with Gasteiger partial charge < -0.3 is 25.4 Å². The predicted molar refractivity (Wildman–Crippen MR) is 112 cm³/mol. The zero-order valence-corrected chi connectivity index (χ0v) is 18.4. The summed E-state index contributed by atoms with van der Waals surface area (Å²) >= 11 is 0. The first kappa shape index (κ1) is 22.7. The van der Waals surface area contributed by atoms with Crippen molar-refractivity contribution in [2.24, 2.45) is 4.99 Å². The Hall–Kier alpha value is -1.54. The molecule has 3 N–H and O–H groups in total. The molecule has 8 heteroatoms. The van der Waals surface area contributed by atoms with Crippen LogP contribution in [-0.2, 0) is 9.47 Å². The highest BCUT2D eigenvalue weighted by molar-refractivity contribution is 5.79. The van der Waals surface area contributed by atoms with E-state index >= 15 is 0 Å². The Labute approximate surface area is 169 Å². The van der Waals surface area contributed by atoms with Gasteiger partial charge in [-0.15, -0.1) is 0 Å². The summed E-state index contributed by atoms with van der Waals surface area (Å²) in [6.45, 7) is 16.4. The molecule has 0 saturated carbocycles. The number of carbonyl (C=O) groups is 1. The fourth-order valence-electron chi connectivity index (χ4n) is 3.46. The molecular weight excluding hydrogens is 358 g/mol. The Morgan fingerprint density at radius 2 is 2.00 bits per heavy atom. The van der Waals surface area contributed by atoms with E-state index in [4.69, 9.17) is 9.47 Å². The molecule has 0 aromatic carbocycles. The zero-order valence-electron chi connectivity index (χ0n) is 18.4. The maximum atomic E-state index is 12.0. The van der Waals surface area contributed by atoms with Gasteiger partial charge in [-0.05, 0) is 60.9 Å². The maximum Gasteiger partial charge on any atom is 0.408 e. The van der Waals surface area contributed by atoms with Gasteiger partial charge in [0.2, 0.25) is 0 Å². The first-order valence-electron chi connectivity index (χ1n) is 10.5. The molecule has 28 heavy (non-hydrogen) atoms. The van der Waals surface area contributed by atoms with Crippen LogP contribution < -0.4 is 16.0 Å². The molecule has 2 atom stereocenters. The lowest BCUT2D eigenvalue weighted by Crippen LogP contribution is -2.52. The maximum absolute atomic E-state index is 12.0. The highest BCUT2D eigenvalue weighted by atomic mass is 16.6. The minimum atomic E-state index is -0.520. The molecule has 2 unspecified atom stereocenters. The summed E-state index contributed by atoms with van der Waals surface area (Å²) in [5.41, 5.74) is -1.04. The lowest BCUT2D eigenvalue weighted by molar-refractivity contribution is -0.0453. The molecule has 2 aliphatic rings. The minimum absolute atomic E-state index is 0.172. The first-order valence-corrected chi connectivity index (χ1v) is 10.5. The van der Waals surface area contributed by atoms with Gasteiger partial charge in [-0.1, -0.05) is 0 Å². The molecule has 2 rings (SSSR count). The number of morpholine rings is 1. The van der Waals surface area contributed by atoms with Crippen molar-refractivity contribution < 1.29 is 14.3 Å². The third kappa shape index (κ3) is 7.83. The van der Waals surface area contributed by atoms with Crippen molar-refractivity contribution in [2.45, 2.75) is 77.7 Å². The predicted octanol–water partition coefficient (Wildman–Crippen LogP) is 1.71. The van der Waals surface area contributed by atoms with E-state index in [0.717, 1.165) is 32.2 Å². The van der Waals surface area contributed by atoms with Crippen molar-refractivity contribution in [3.8, 4) is 0 Å². The molecule has 162 valence electrons. The minimum Gasteiger partial charge on any atom is -0.444 e. The quantitative estimate of drug-likeness (QED) is 0.467. The molecule has 2 aliphatic heterocycles. The lowest BCUT2D eigenvalue weighted by atomic mass is 10.1. The molecule has 2 fully saturated rings. The Morgan fingerprint density at radius 3 is 2.68 bits per heavy atom. The number of hydrogen-bond acceptors (Lipinski definition) is 5.